The van der Waals surface area contributed by atoms with Crippen molar-refractivity contribution in [2.45, 2.75) is 32.7 Å². The first-order chi connectivity index (χ1) is 8.29. The molecule has 0 aliphatic carbocycles. The molecule has 0 aliphatic rings. The highest BCUT2D eigenvalue weighted by molar-refractivity contribution is 5.78. The van der Waals surface area contributed by atoms with Gasteiger partial charge in [-0.1, -0.05) is 20.3 Å². The number of nitrogens with zero attached hydrogens (tertiary/aromatic N) is 1. The zero-order chi connectivity index (χ0) is 14.3. The summed E-state index contributed by atoms with van der Waals surface area (Å²) in [5, 5.41) is 17.8. The Hall–Kier alpha value is -1.63. The van der Waals surface area contributed by atoms with Gasteiger partial charge in [0.15, 0.2) is 0 Å². The van der Waals surface area contributed by atoms with Crippen molar-refractivity contribution in [2.75, 3.05) is 13.1 Å². The van der Waals surface area contributed by atoms with Crippen LogP contribution in [0.15, 0.2) is 0 Å². The molecule has 0 fully saturated rings. The lowest BCUT2D eigenvalue weighted by molar-refractivity contribution is -0.147. The lowest BCUT2D eigenvalue weighted by atomic mass is 9.97. The Bertz CT molecular complexity index is 319. The molecule has 0 rings (SSSR count). The number of carbonyl (C=O) groups is 3. The normalized spacial score (nSPS) is 14.2. The van der Waals surface area contributed by atoms with Gasteiger partial charge in [0.25, 0.3) is 0 Å². The van der Waals surface area contributed by atoms with Gasteiger partial charge in [0.05, 0.1) is 13.0 Å². The van der Waals surface area contributed by atoms with E-state index < -0.39 is 23.9 Å². The number of hydrogen-bond acceptors (Lipinski definition) is 4. The van der Waals surface area contributed by atoms with E-state index in [4.69, 9.17) is 10.8 Å². The van der Waals surface area contributed by atoms with E-state index in [0.717, 1.165) is 0 Å². The summed E-state index contributed by atoms with van der Waals surface area (Å²) in [5.74, 6) is -2.99. The van der Waals surface area contributed by atoms with Gasteiger partial charge in [-0.25, -0.2) is 0 Å². The summed E-state index contributed by atoms with van der Waals surface area (Å²) >= 11 is 0. The minimum absolute atomic E-state index is 0.0143. The van der Waals surface area contributed by atoms with Crippen LogP contribution in [0.2, 0.25) is 0 Å². The number of amides is 1. The summed E-state index contributed by atoms with van der Waals surface area (Å²) < 4.78 is 0. The highest BCUT2D eigenvalue weighted by atomic mass is 16.4. The van der Waals surface area contributed by atoms with Crippen molar-refractivity contribution in [3.63, 3.8) is 0 Å². The van der Waals surface area contributed by atoms with Crippen LogP contribution in [-0.2, 0) is 14.4 Å². The molecular formula is C11H20N2O5. The van der Waals surface area contributed by atoms with Crippen molar-refractivity contribution in [1.29, 1.82) is 0 Å². The Morgan fingerprint density at radius 2 is 1.83 bits per heavy atom. The molecule has 4 N–H and O–H groups in total. The predicted octanol–water partition coefficient (Wildman–Crippen LogP) is -0.252. The van der Waals surface area contributed by atoms with Gasteiger partial charge in [-0.15, -0.1) is 0 Å². The molecule has 0 aromatic rings. The van der Waals surface area contributed by atoms with Gasteiger partial charge in [-0.2, -0.15) is 0 Å². The zero-order valence-corrected chi connectivity index (χ0v) is 10.6. The van der Waals surface area contributed by atoms with Crippen LogP contribution in [0.4, 0.5) is 0 Å². The average molecular weight is 260 g/mol. The summed E-state index contributed by atoms with van der Waals surface area (Å²) in [5.41, 5.74) is 5.06. The third-order valence-electron chi connectivity index (χ3n) is 2.80. The molecule has 0 heterocycles. The fourth-order valence-electron chi connectivity index (χ4n) is 1.74. The predicted molar refractivity (Wildman–Crippen MR) is 63.9 cm³/mol. The van der Waals surface area contributed by atoms with Crippen LogP contribution in [0.3, 0.4) is 0 Å². The first-order valence-corrected chi connectivity index (χ1v) is 5.76. The largest absolute Gasteiger partial charge is 0.481 e. The van der Waals surface area contributed by atoms with Crippen molar-refractivity contribution in [3.8, 4) is 0 Å². The maximum Gasteiger partial charge on any atom is 0.321 e. The molecule has 0 saturated heterocycles. The SMILES string of the molecule is CCC(C)C(C(=O)O)N(CCC(=O)O)CC(N)=O. The van der Waals surface area contributed by atoms with Crippen molar-refractivity contribution in [2.24, 2.45) is 11.7 Å². The molecule has 0 aliphatic heterocycles. The Morgan fingerprint density at radius 3 is 2.17 bits per heavy atom. The number of carboxylic acid groups (broad SMARTS) is 2. The number of rotatable bonds is 9. The highest BCUT2D eigenvalue weighted by Crippen LogP contribution is 2.15. The van der Waals surface area contributed by atoms with E-state index >= 15 is 0 Å². The molecule has 0 aromatic carbocycles. The fraction of sp³-hybridized carbons (Fsp3) is 0.727. The van der Waals surface area contributed by atoms with Crippen LogP contribution in [0.5, 0.6) is 0 Å². The molecule has 0 aromatic heterocycles. The molecule has 1 amide bonds. The van der Waals surface area contributed by atoms with Gasteiger partial charge in [0.2, 0.25) is 5.91 Å². The van der Waals surface area contributed by atoms with E-state index in [-0.39, 0.29) is 25.4 Å². The molecule has 104 valence electrons. The number of nitrogens with two attached hydrogens (primary N) is 1. The first-order valence-electron chi connectivity index (χ1n) is 5.76. The lowest BCUT2D eigenvalue weighted by Gasteiger charge is -2.31. The third-order valence-corrected chi connectivity index (χ3v) is 2.80. The second kappa shape index (κ2) is 7.65. The Kier molecular flexibility index (Phi) is 6.96. The molecule has 18 heavy (non-hydrogen) atoms. The van der Waals surface area contributed by atoms with Crippen LogP contribution in [0, 0.1) is 5.92 Å². The van der Waals surface area contributed by atoms with Gasteiger partial charge >= 0.3 is 11.9 Å². The average Bonchev–Trinajstić information content (AvgIpc) is 2.24. The first kappa shape index (κ1) is 16.4. The monoisotopic (exact) mass is 260 g/mol. The Morgan fingerprint density at radius 1 is 1.28 bits per heavy atom. The minimum atomic E-state index is -1.07. The Labute approximate surface area is 106 Å². The van der Waals surface area contributed by atoms with Crippen molar-refractivity contribution in [1.82, 2.24) is 4.90 Å². The van der Waals surface area contributed by atoms with Gasteiger partial charge in [-0.05, 0) is 5.92 Å². The van der Waals surface area contributed by atoms with Crippen molar-refractivity contribution in [3.05, 3.63) is 0 Å². The highest BCUT2D eigenvalue weighted by Gasteiger charge is 2.31. The van der Waals surface area contributed by atoms with Gasteiger partial charge in [-0.3, -0.25) is 19.3 Å². The van der Waals surface area contributed by atoms with Crippen LogP contribution < -0.4 is 5.73 Å². The van der Waals surface area contributed by atoms with E-state index in [0.29, 0.717) is 6.42 Å². The van der Waals surface area contributed by atoms with Gasteiger partial charge in [0, 0.05) is 6.54 Å². The van der Waals surface area contributed by atoms with Crippen LogP contribution in [0.25, 0.3) is 0 Å². The smallest absolute Gasteiger partial charge is 0.321 e. The number of primary amides is 1. The molecule has 0 saturated carbocycles. The number of hydrogen-bond donors (Lipinski definition) is 3. The standard InChI is InChI=1S/C11H20N2O5/c1-3-7(2)10(11(17)18)13(6-8(12)14)5-4-9(15)16/h7,10H,3-6H2,1-2H3,(H2,12,14)(H,15,16)(H,17,18). The van der Waals surface area contributed by atoms with Crippen molar-refractivity contribution >= 4 is 17.8 Å². The summed E-state index contributed by atoms with van der Waals surface area (Å²) in [6, 6.07) is -0.901. The van der Waals surface area contributed by atoms with E-state index in [1.165, 1.54) is 4.90 Å². The number of carboxylic acids is 2. The lowest BCUT2D eigenvalue weighted by Crippen LogP contribution is -2.49. The molecule has 0 spiro atoms. The van der Waals surface area contributed by atoms with Crippen molar-refractivity contribution < 1.29 is 24.6 Å². The van der Waals surface area contributed by atoms with E-state index in [9.17, 15) is 19.5 Å². The molecule has 7 heteroatoms. The van der Waals surface area contributed by atoms with Gasteiger partial charge in [0.1, 0.15) is 6.04 Å². The van der Waals surface area contributed by atoms with Crippen LogP contribution in [-0.4, -0.2) is 52.1 Å². The van der Waals surface area contributed by atoms with E-state index in [1.807, 2.05) is 6.92 Å². The minimum Gasteiger partial charge on any atom is -0.481 e. The van der Waals surface area contributed by atoms with E-state index in [1.54, 1.807) is 6.92 Å². The zero-order valence-electron chi connectivity index (χ0n) is 10.6. The third kappa shape index (κ3) is 5.62. The molecule has 0 radical (unpaired) electrons. The van der Waals surface area contributed by atoms with Crippen LogP contribution in [0.1, 0.15) is 26.7 Å². The maximum atomic E-state index is 11.2. The number of carbonyl (C=O) groups excluding carboxylic acids is 1. The summed E-state index contributed by atoms with van der Waals surface area (Å²) in [6.45, 7) is 3.31. The fourth-order valence-corrected chi connectivity index (χ4v) is 1.74. The summed E-state index contributed by atoms with van der Waals surface area (Å²) in [7, 11) is 0. The molecule has 0 bridgehead atoms. The maximum absolute atomic E-state index is 11.2. The summed E-state index contributed by atoms with van der Waals surface area (Å²) in [6.07, 6.45) is 0.382. The Balaban J connectivity index is 4.90. The van der Waals surface area contributed by atoms with Gasteiger partial charge < -0.3 is 15.9 Å². The molecule has 2 unspecified atom stereocenters. The molecule has 7 nitrogen and oxygen atoms in total. The molecule has 2 atom stereocenters. The van der Waals surface area contributed by atoms with Crippen LogP contribution >= 0.6 is 0 Å². The second-order valence-corrected chi connectivity index (χ2v) is 4.25. The topological polar surface area (TPSA) is 121 Å². The second-order valence-electron chi connectivity index (χ2n) is 4.25. The van der Waals surface area contributed by atoms with E-state index in [2.05, 4.69) is 0 Å². The summed E-state index contributed by atoms with van der Waals surface area (Å²) in [4.78, 5) is 34.0. The number of aliphatic carboxylic acids is 2. The molecular weight excluding hydrogens is 240 g/mol. The quantitative estimate of drug-likeness (QED) is 0.525.